The van der Waals surface area contributed by atoms with Gasteiger partial charge in [-0.25, -0.2) is 4.98 Å². The quantitative estimate of drug-likeness (QED) is 0.257. The van der Waals surface area contributed by atoms with Crippen molar-refractivity contribution in [2.24, 2.45) is 0 Å². The van der Waals surface area contributed by atoms with Gasteiger partial charge in [-0.05, 0) is 36.6 Å². The summed E-state index contributed by atoms with van der Waals surface area (Å²) in [5, 5.41) is 13.7. The second-order valence-electron chi connectivity index (χ2n) is 8.05. The molecule has 1 amide bonds. The molecule has 1 atom stereocenters. The standard InChI is InChI=1S/C25H26N4O4S2/c1-16-8-6-11-28-22(16)27-21(26-15-19(30)17-9-4-3-5-10-17)18(23(28)31)14-20-24(32)29(25(34)35-20)12-7-13-33-2/h3-6,8-11,14,19,26,30H,7,12-13,15H2,1-2H3/b20-14-. The first-order chi connectivity index (χ1) is 16.9. The van der Waals surface area contributed by atoms with Crippen molar-refractivity contribution >= 4 is 51.7 Å². The second-order valence-corrected chi connectivity index (χ2v) is 9.73. The number of methoxy groups -OCH3 is 1. The molecule has 10 heteroatoms. The van der Waals surface area contributed by atoms with Gasteiger partial charge in [0.25, 0.3) is 11.5 Å². The first kappa shape index (κ1) is 25.1. The first-order valence-electron chi connectivity index (χ1n) is 11.1. The van der Waals surface area contributed by atoms with Crippen LogP contribution in [0.3, 0.4) is 0 Å². The number of amides is 1. The molecule has 0 bridgehead atoms. The summed E-state index contributed by atoms with van der Waals surface area (Å²) in [4.78, 5) is 33.1. The van der Waals surface area contributed by atoms with Crippen molar-refractivity contribution in [2.75, 3.05) is 32.1 Å². The minimum absolute atomic E-state index is 0.136. The highest BCUT2D eigenvalue weighted by atomic mass is 32.2. The van der Waals surface area contributed by atoms with E-state index in [2.05, 4.69) is 10.3 Å². The number of nitrogens with zero attached hydrogens (tertiary/aromatic N) is 3. The van der Waals surface area contributed by atoms with E-state index in [-0.39, 0.29) is 23.6 Å². The van der Waals surface area contributed by atoms with Crippen LogP contribution in [0.1, 0.15) is 29.2 Å². The molecule has 0 aliphatic carbocycles. The van der Waals surface area contributed by atoms with Gasteiger partial charge in [-0.15, -0.1) is 0 Å². The van der Waals surface area contributed by atoms with Gasteiger partial charge in [-0.1, -0.05) is 60.4 Å². The average molecular weight is 511 g/mol. The van der Waals surface area contributed by atoms with Gasteiger partial charge < -0.3 is 15.2 Å². The van der Waals surface area contributed by atoms with Gasteiger partial charge in [0, 0.05) is 33.0 Å². The average Bonchev–Trinajstić information content (AvgIpc) is 3.13. The predicted octanol–water partition coefficient (Wildman–Crippen LogP) is 3.39. The monoisotopic (exact) mass is 510 g/mol. The third-order valence-electron chi connectivity index (χ3n) is 5.61. The molecule has 1 saturated heterocycles. The van der Waals surface area contributed by atoms with E-state index in [0.29, 0.717) is 40.3 Å². The number of rotatable bonds is 9. The zero-order chi connectivity index (χ0) is 24.9. The highest BCUT2D eigenvalue weighted by molar-refractivity contribution is 8.26. The van der Waals surface area contributed by atoms with Gasteiger partial charge >= 0.3 is 0 Å². The molecule has 1 aliphatic rings. The minimum Gasteiger partial charge on any atom is -0.387 e. The Balaban J connectivity index is 1.71. The maximum absolute atomic E-state index is 13.5. The van der Waals surface area contributed by atoms with Gasteiger partial charge in [0.2, 0.25) is 0 Å². The number of aryl methyl sites for hydroxylation is 1. The Morgan fingerprint density at radius 1 is 1.23 bits per heavy atom. The van der Waals surface area contributed by atoms with E-state index < -0.39 is 6.10 Å². The number of aliphatic hydroxyl groups excluding tert-OH is 1. The predicted molar refractivity (Wildman–Crippen MR) is 142 cm³/mol. The molecule has 1 aromatic carbocycles. The van der Waals surface area contributed by atoms with Crippen LogP contribution >= 0.6 is 24.0 Å². The molecule has 1 aliphatic heterocycles. The zero-order valence-corrected chi connectivity index (χ0v) is 21.1. The van der Waals surface area contributed by atoms with Gasteiger partial charge in [-0.2, -0.15) is 0 Å². The number of pyridine rings is 1. The molecule has 1 fully saturated rings. The number of ether oxygens (including phenoxy) is 1. The van der Waals surface area contributed by atoms with E-state index in [1.54, 1.807) is 19.4 Å². The summed E-state index contributed by atoms with van der Waals surface area (Å²) in [5.41, 5.74) is 1.98. The number of aliphatic hydroxyl groups is 1. The Hall–Kier alpha value is -3.05. The number of hydrogen-bond acceptors (Lipinski definition) is 8. The van der Waals surface area contributed by atoms with Crippen molar-refractivity contribution in [3.63, 3.8) is 0 Å². The van der Waals surface area contributed by atoms with E-state index in [0.717, 1.165) is 22.9 Å². The van der Waals surface area contributed by atoms with Crippen molar-refractivity contribution in [3.05, 3.63) is 80.6 Å². The van der Waals surface area contributed by atoms with Gasteiger partial charge in [0.15, 0.2) is 0 Å². The Kier molecular flexibility index (Phi) is 7.97. The molecule has 0 radical (unpaired) electrons. The topological polar surface area (TPSA) is 96.2 Å². The van der Waals surface area contributed by atoms with Crippen molar-refractivity contribution in [2.45, 2.75) is 19.4 Å². The fraction of sp³-hybridized carbons (Fsp3) is 0.280. The fourth-order valence-electron chi connectivity index (χ4n) is 3.75. The molecular formula is C25H26N4O4S2. The van der Waals surface area contributed by atoms with E-state index in [1.807, 2.05) is 43.3 Å². The SMILES string of the molecule is COCCCN1C(=O)/C(=C/c2c(NCC(O)c3ccccc3)nc3c(C)cccn3c2=O)SC1=S. The van der Waals surface area contributed by atoms with Crippen molar-refractivity contribution in [3.8, 4) is 0 Å². The number of thioether (sulfide) groups is 1. The third-order valence-corrected chi connectivity index (χ3v) is 6.99. The second kappa shape index (κ2) is 11.1. The summed E-state index contributed by atoms with van der Waals surface area (Å²) >= 11 is 6.56. The van der Waals surface area contributed by atoms with Crippen LogP contribution in [0.15, 0.2) is 58.4 Å². The van der Waals surface area contributed by atoms with Gasteiger partial charge in [0.05, 0.1) is 16.6 Å². The number of nitrogens with one attached hydrogen (secondary N) is 1. The van der Waals surface area contributed by atoms with Gasteiger partial charge in [-0.3, -0.25) is 18.9 Å². The van der Waals surface area contributed by atoms with Crippen molar-refractivity contribution < 1.29 is 14.6 Å². The Morgan fingerprint density at radius 3 is 2.74 bits per heavy atom. The van der Waals surface area contributed by atoms with Crippen LogP contribution in [0, 0.1) is 6.92 Å². The number of carbonyl (C=O) groups is 1. The molecular weight excluding hydrogens is 484 g/mol. The highest BCUT2D eigenvalue weighted by Crippen LogP contribution is 2.33. The first-order valence-corrected chi connectivity index (χ1v) is 12.4. The number of carbonyl (C=O) groups excluding carboxylic acids is 1. The van der Waals surface area contributed by atoms with E-state index in [9.17, 15) is 14.7 Å². The summed E-state index contributed by atoms with van der Waals surface area (Å²) in [5.74, 6) is 0.0454. The normalized spacial score (nSPS) is 15.9. The minimum atomic E-state index is -0.805. The smallest absolute Gasteiger partial charge is 0.267 e. The summed E-state index contributed by atoms with van der Waals surface area (Å²) in [6.07, 6.45) is 3.03. The summed E-state index contributed by atoms with van der Waals surface area (Å²) in [6, 6.07) is 12.9. The number of fused-ring (bicyclic) bond motifs is 1. The molecule has 2 N–H and O–H groups in total. The zero-order valence-electron chi connectivity index (χ0n) is 19.4. The van der Waals surface area contributed by atoms with Crippen LogP contribution in [-0.2, 0) is 9.53 Å². The number of aromatic nitrogens is 2. The highest BCUT2D eigenvalue weighted by Gasteiger charge is 2.32. The number of hydrogen-bond donors (Lipinski definition) is 2. The van der Waals surface area contributed by atoms with Crippen molar-refractivity contribution in [1.82, 2.24) is 14.3 Å². The molecule has 2 aromatic heterocycles. The lowest BCUT2D eigenvalue weighted by atomic mass is 10.1. The molecule has 1 unspecified atom stereocenters. The number of thiocarbonyl (C=S) groups is 1. The molecule has 3 aromatic rings. The lowest BCUT2D eigenvalue weighted by molar-refractivity contribution is -0.122. The molecule has 0 spiro atoms. The lowest BCUT2D eigenvalue weighted by Crippen LogP contribution is -2.29. The molecule has 4 rings (SSSR count). The Morgan fingerprint density at radius 2 is 2.00 bits per heavy atom. The van der Waals surface area contributed by atoms with Crippen molar-refractivity contribution in [1.29, 1.82) is 0 Å². The number of benzene rings is 1. The largest absolute Gasteiger partial charge is 0.387 e. The molecule has 35 heavy (non-hydrogen) atoms. The van der Waals surface area contributed by atoms with Crippen LogP contribution in [0.25, 0.3) is 11.7 Å². The summed E-state index contributed by atoms with van der Waals surface area (Å²) in [6.45, 7) is 2.97. The fourth-order valence-corrected chi connectivity index (χ4v) is 5.04. The molecule has 8 nitrogen and oxygen atoms in total. The molecule has 3 heterocycles. The Labute approximate surface area is 212 Å². The summed E-state index contributed by atoms with van der Waals surface area (Å²) < 4.78 is 6.97. The Bertz CT molecular complexity index is 1340. The lowest BCUT2D eigenvalue weighted by Gasteiger charge is -2.16. The van der Waals surface area contributed by atoms with E-state index in [4.69, 9.17) is 17.0 Å². The van der Waals surface area contributed by atoms with E-state index >= 15 is 0 Å². The maximum atomic E-state index is 13.5. The van der Waals surface area contributed by atoms with Crippen LogP contribution in [0.2, 0.25) is 0 Å². The number of anilines is 1. The van der Waals surface area contributed by atoms with Crippen LogP contribution < -0.4 is 10.9 Å². The van der Waals surface area contributed by atoms with Crippen LogP contribution in [-0.4, -0.2) is 56.4 Å². The maximum Gasteiger partial charge on any atom is 0.267 e. The summed E-state index contributed by atoms with van der Waals surface area (Å²) in [7, 11) is 1.61. The van der Waals surface area contributed by atoms with Crippen LogP contribution in [0.5, 0.6) is 0 Å². The molecule has 182 valence electrons. The van der Waals surface area contributed by atoms with E-state index in [1.165, 1.54) is 15.4 Å². The molecule has 0 saturated carbocycles. The third kappa shape index (κ3) is 5.46. The van der Waals surface area contributed by atoms with Crippen LogP contribution in [0.4, 0.5) is 5.82 Å². The van der Waals surface area contributed by atoms with Gasteiger partial charge in [0.1, 0.15) is 15.8 Å².